The van der Waals surface area contributed by atoms with E-state index in [4.69, 9.17) is 14.2 Å². The van der Waals surface area contributed by atoms with E-state index in [-0.39, 0.29) is 14.9 Å². The highest BCUT2D eigenvalue weighted by Crippen LogP contribution is 2.25. The average Bonchev–Trinajstić information content (AvgIpc) is 1.78. The fraction of sp³-hybridized carbons (Fsp3) is 1.00. The Kier molecular flexibility index (Phi) is 153. The number of nitrogens with zero attached hydrogens (tertiary/aromatic N) is 5. The molecule has 3 atom stereocenters. The molecule has 11 saturated heterocycles. The van der Waals surface area contributed by atoms with E-state index >= 15 is 0 Å². The second-order valence-electron chi connectivity index (χ2n) is 38.2. The number of hydrogen-bond donors (Lipinski definition) is 5. The predicted molar refractivity (Wildman–Crippen MR) is 594 cm³/mol. The smallest absolute Gasteiger partial charge is 0.0594 e. The predicted octanol–water partition coefficient (Wildman–Crippen LogP) is 30.9. The van der Waals surface area contributed by atoms with Gasteiger partial charge in [0.25, 0.3) is 0 Å². The van der Waals surface area contributed by atoms with Gasteiger partial charge in [-0.2, -0.15) is 0 Å². The summed E-state index contributed by atoms with van der Waals surface area (Å²) in [7, 11) is 0. The maximum atomic E-state index is 5.46. The van der Waals surface area contributed by atoms with Crippen molar-refractivity contribution in [2.45, 2.75) is 460 Å². The minimum absolute atomic E-state index is 0. The summed E-state index contributed by atoms with van der Waals surface area (Å²) in [6.45, 7) is 131. The largest absolute Gasteiger partial charge is 0.381 e. The number of piperidine rings is 3. The lowest BCUT2D eigenvalue weighted by molar-refractivity contribution is 0.0329. The van der Waals surface area contributed by atoms with Crippen molar-refractivity contribution in [2.24, 2.45) is 94.7 Å². The Bertz CT molecular complexity index is 1470. The van der Waals surface area contributed by atoms with Gasteiger partial charge in [-0.15, -0.1) is 0 Å². The summed E-state index contributed by atoms with van der Waals surface area (Å²) in [5, 5.41) is 16.8. The van der Waals surface area contributed by atoms with Crippen molar-refractivity contribution in [1.82, 2.24) is 51.1 Å². The summed E-state index contributed by atoms with van der Waals surface area (Å²) in [5.74, 6) is 14.3. The van der Waals surface area contributed by atoms with Gasteiger partial charge in [-0.3, -0.25) is 4.90 Å². The van der Waals surface area contributed by atoms with Crippen LogP contribution in [0.1, 0.15) is 454 Å². The zero-order chi connectivity index (χ0) is 98.4. The lowest BCUT2D eigenvalue weighted by atomic mass is 9.89. The van der Waals surface area contributed by atoms with E-state index in [0.717, 1.165) is 141 Å². The average molecular weight is 1820 g/mol. The first-order valence-corrected chi connectivity index (χ1v) is 56.1. The van der Waals surface area contributed by atoms with Gasteiger partial charge in [0.15, 0.2) is 0 Å². The summed E-state index contributed by atoms with van der Waals surface area (Å²) < 4.78 is 16.0. The summed E-state index contributed by atoms with van der Waals surface area (Å²) in [4.78, 5) is 12.7. The summed E-state index contributed by atoms with van der Waals surface area (Å²) in [6, 6.07) is 0. The molecule has 13 nitrogen and oxygen atoms in total. The molecule has 13 heteroatoms. The molecule has 3 unspecified atom stereocenters. The van der Waals surface area contributed by atoms with E-state index in [1.54, 1.807) is 0 Å². The van der Waals surface area contributed by atoms with Gasteiger partial charge in [-0.1, -0.05) is 326 Å². The Hall–Kier alpha value is -0.520. The molecule has 788 valence electrons. The van der Waals surface area contributed by atoms with E-state index in [9.17, 15) is 0 Å². The molecule has 11 aliphatic rings. The van der Waals surface area contributed by atoms with Crippen LogP contribution in [0.3, 0.4) is 0 Å². The second-order valence-corrected chi connectivity index (χ2v) is 38.2. The van der Waals surface area contributed by atoms with E-state index in [0.29, 0.717) is 6.10 Å². The number of piperazine rings is 1. The van der Waals surface area contributed by atoms with Crippen LogP contribution in [-0.2, 0) is 14.2 Å². The van der Waals surface area contributed by atoms with Crippen molar-refractivity contribution in [3.8, 4) is 0 Å². The highest BCUT2D eigenvalue weighted by Gasteiger charge is 2.21. The minimum Gasteiger partial charge on any atom is -0.381 e. The van der Waals surface area contributed by atoms with Crippen molar-refractivity contribution in [1.29, 1.82) is 0 Å². The number of morpholine rings is 1. The molecule has 11 aliphatic heterocycles. The summed E-state index contributed by atoms with van der Waals surface area (Å²) in [5.41, 5.74) is 0. The third-order valence-corrected chi connectivity index (χ3v) is 21.0. The number of likely N-dealkylation sites (tertiary alicyclic amines) is 3. The van der Waals surface area contributed by atoms with Crippen molar-refractivity contribution < 1.29 is 14.2 Å². The molecule has 11 rings (SSSR count). The molecule has 0 radical (unpaired) electrons. The number of hydrogen-bond acceptors (Lipinski definition) is 13. The first-order chi connectivity index (χ1) is 60.2. The summed E-state index contributed by atoms with van der Waals surface area (Å²) in [6.07, 6.45) is 29.6. The van der Waals surface area contributed by atoms with Crippen molar-refractivity contribution in [3.63, 3.8) is 0 Å². The van der Waals surface area contributed by atoms with Crippen molar-refractivity contribution >= 4 is 0 Å². The molecule has 11 fully saturated rings. The maximum Gasteiger partial charge on any atom is 0.0594 e. The Labute approximate surface area is 812 Å². The van der Waals surface area contributed by atoms with Crippen LogP contribution in [-0.4, -0.2) is 227 Å². The van der Waals surface area contributed by atoms with Gasteiger partial charge in [0, 0.05) is 91.8 Å². The van der Waals surface area contributed by atoms with Gasteiger partial charge >= 0.3 is 0 Å². The second kappa shape index (κ2) is 125. The molecule has 0 saturated carbocycles. The first-order valence-electron chi connectivity index (χ1n) is 56.1. The fourth-order valence-electron chi connectivity index (χ4n) is 16.3. The third-order valence-electron chi connectivity index (χ3n) is 21.0. The van der Waals surface area contributed by atoms with E-state index < -0.39 is 0 Å². The van der Waals surface area contributed by atoms with E-state index in [1.807, 2.05) is 152 Å². The first kappa shape index (κ1) is 155. The number of rotatable bonds is 22. The molecular formula is C114H264N10O3. The summed E-state index contributed by atoms with van der Waals surface area (Å²) >= 11 is 0. The molecule has 11 heterocycles. The van der Waals surface area contributed by atoms with Gasteiger partial charge in [0.1, 0.15) is 0 Å². The van der Waals surface area contributed by atoms with Crippen LogP contribution in [0.5, 0.6) is 0 Å². The molecule has 0 aromatic carbocycles. The highest BCUT2D eigenvalue weighted by atomic mass is 16.5. The van der Waals surface area contributed by atoms with Crippen molar-refractivity contribution in [3.05, 3.63) is 0 Å². The number of nitrogens with one attached hydrogen (secondary N) is 5. The third kappa shape index (κ3) is 123. The van der Waals surface area contributed by atoms with Crippen LogP contribution in [0.15, 0.2) is 0 Å². The van der Waals surface area contributed by atoms with E-state index in [2.05, 4.69) is 203 Å². The number of ether oxygens (including phenoxy) is 3. The molecule has 0 aromatic heterocycles. The molecule has 0 aromatic rings. The quantitative estimate of drug-likeness (QED) is 0.0711. The normalized spacial score (nSPS) is 19.4. The van der Waals surface area contributed by atoms with Crippen LogP contribution >= 0.6 is 0 Å². The Morgan fingerprint density at radius 2 is 0.472 bits per heavy atom. The van der Waals surface area contributed by atoms with Gasteiger partial charge in [-0.05, 0) is 315 Å². The lowest BCUT2D eigenvalue weighted by Crippen LogP contribution is -2.44. The minimum atomic E-state index is 0. The van der Waals surface area contributed by atoms with Crippen LogP contribution < -0.4 is 26.6 Å². The van der Waals surface area contributed by atoms with Crippen LogP contribution in [0.4, 0.5) is 0 Å². The van der Waals surface area contributed by atoms with Crippen LogP contribution in [0.25, 0.3) is 0 Å². The molecule has 0 spiro atoms. The van der Waals surface area contributed by atoms with Gasteiger partial charge in [-0.25, -0.2) is 0 Å². The zero-order valence-corrected chi connectivity index (χ0v) is 95.8. The Morgan fingerprint density at radius 1 is 0.205 bits per heavy atom. The fourth-order valence-corrected chi connectivity index (χ4v) is 16.3. The van der Waals surface area contributed by atoms with Gasteiger partial charge in [0.05, 0.1) is 19.3 Å². The highest BCUT2D eigenvalue weighted by molar-refractivity contribution is 4.77. The van der Waals surface area contributed by atoms with E-state index in [1.165, 1.54) is 285 Å². The van der Waals surface area contributed by atoms with Gasteiger partial charge < -0.3 is 60.4 Å². The zero-order valence-electron chi connectivity index (χ0n) is 95.8. The monoisotopic (exact) mass is 1820 g/mol. The maximum absolute atomic E-state index is 5.46. The van der Waals surface area contributed by atoms with Crippen LogP contribution in [0.2, 0.25) is 0 Å². The Morgan fingerprint density at radius 3 is 0.756 bits per heavy atom. The standard InChI is InChI=1S/3C9H19N.C9H18O.C8H18N2.C8H17NO.2C8H17N.C8H16O.2C7H15N.11C2H6.2CH4/c1-8(2)7-9-3-5-10-6-4-9;1-8(2)6-9-4-3-5-10-7-9;1-9(2)8-10-6-4-3-5-7-10;1-8(2)7-9-3-5-10-6-4-9;1-8(2)7-10-5-3-9-4-6-10;1-8(2)7-9-3-5-10-6-4-9;1-7(2)5-8-3-4-9-6-8;1-8(2)7-9-5-3-4-6-9;1-7(2)6-8-4-3-5-9-8;1-6(2)3-7-4-8-5-7;1-7(2)6-8-4-3-5-8;11*1-2;;/h2*8-10H,3-7H2,1-2H3;9H,3-8H2,1-2H3;2*8-9H,3-7H2,1-2H3;8H,3-7H2,1-2H3;7-9H,3-6H2,1-2H3;8H,3-7H2,1-2H3;7-8H,3-6H2,1-2H3;6-8H,3-5H2,1-2H3;7H,3-6H2,1-2H3;11*1-2H3;2*1H4. The molecule has 0 amide bonds. The molecule has 5 N–H and O–H groups in total. The molecular weight excluding hydrogens is 1560 g/mol. The van der Waals surface area contributed by atoms with Gasteiger partial charge in [0.2, 0.25) is 0 Å². The SMILES string of the molecule is C.C.CC.CC.CC.CC.CC.CC.CC.CC.CC.CC.CC.CC(C)CC1CCCNC1.CC(C)CC1CCCO1.CC(C)CC1CCNC1.CC(C)CC1CCNCC1.CC(C)CC1CCOCC1.CC(C)CC1CNC1.CC(C)CN1CCC1.CC(C)CN1CCCC1.CC(C)CN1CCCCC1.CC(C)CN1CCNCC1.CC(C)CN1CCOCC1. The lowest BCUT2D eigenvalue weighted by Gasteiger charge is -2.31. The van der Waals surface area contributed by atoms with Crippen LogP contribution in [0, 0.1) is 94.7 Å². The molecule has 0 bridgehead atoms. The molecule has 127 heavy (non-hydrogen) atoms. The van der Waals surface area contributed by atoms with Crippen molar-refractivity contribution in [2.75, 3.05) is 197 Å². The Balaban J connectivity index is -0.0000000999. The topological polar surface area (TPSA) is 104 Å². The molecule has 0 aliphatic carbocycles.